The average Bonchev–Trinajstić information content (AvgIpc) is 3.20. The molecule has 2 rings (SSSR count). The van der Waals surface area contributed by atoms with E-state index in [4.69, 9.17) is 5.11 Å². The number of carboxylic acid groups (broad SMARTS) is 2. The minimum absolute atomic E-state index is 0.0179. The van der Waals surface area contributed by atoms with Crippen LogP contribution < -0.4 is 0 Å². The second-order valence-electron chi connectivity index (χ2n) is 7.15. The molecular weight excluding hydrogens is 404 g/mol. The van der Waals surface area contributed by atoms with Crippen LogP contribution in [-0.4, -0.2) is 27.9 Å². The maximum Gasteiger partial charge on any atom is 0.304 e. The molecule has 0 aliphatic carbocycles. The fourth-order valence-electron chi connectivity index (χ4n) is 3.38. The summed E-state index contributed by atoms with van der Waals surface area (Å²) >= 11 is 3.26. The lowest BCUT2D eigenvalue weighted by molar-refractivity contribution is -0.137. The number of rotatable bonds is 15. The molecule has 1 heterocycles. The van der Waals surface area contributed by atoms with E-state index in [2.05, 4.69) is 23.6 Å². The Morgan fingerprint density at radius 1 is 0.897 bits per heavy atom. The number of hydrogen-bond donors (Lipinski definition) is 2. The highest BCUT2D eigenvalue weighted by atomic mass is 32.2. The van der Waals surface area contributed by atoms with Crippen molar-refractivity contribution in [3.8, 4) is 0 Å². The first-order chi connectivity index (χ1) is 14.1. The van der Waals surface area contributed by atoms with Gasteiger partial charge in [-0.25, -0.2) is 0 Å². The van der Waals surface area contributed by atoms with Crippen LogP contribution >= 0.6 is 23.1 Å². The van der Waals surface area contributed by atoms with Gasteiger partial charge in [0, 0.05) is 15.9 Å². The standard InChI is InChI=1S/C23H30O4S2/c24-22(25)14-16-29-21(17-23(26)27)20-13-7-6-10-18(20)9-4-2-1-3-5-11-19-12-8-15-28-19/h6-8,10,12-13,15,21H,1-5,9,11,14,16-17H2,(H,24,25)(H,26,27). The highest BCUT2D eigenvalue weighted by Gasteiger charge is 2.19. The molecule has 1 atom stereocenters. The van der Waals surface area contributed by atoms with Crippen LogP contribution in [0.5, 0.6) is 0 Å². The van der Waals surface area contributed by atoms with Crippen molar-refractivity contribution in [3.05, 3.63) is 57.8 Å². The summed E-state index contributed by atoms with van der Waals surface area (Å²) in [7, 11) is 0. The zero-order valence-electron chi connectivity index (χ0n) is 16.7. The van der Waals surface area contributed by atoms with Crippen LogP contribution in [0.1, 0.15) is 66.2 Å². The Hall–Kier alpha value is -1.79. The summed E-state index contributed by atoms with van der Waals surface area (Å²) in [5.41, 5.74) is 2.24. The Bertz CT molecular complexity index is 743. The maximum atomic E-state index is 11.3. The number of hydrogen-bond acceptors (Lipinski definition) is 4. The zero-order chi connectivity index (χ0) is 20.9. The number of benzene rings is 1. The number of unbranched alkanes of at least 4 members (excludes halogenated alkanes) is 4. The molecule has 0 bridgehead atoms. The molecule has 1 aromatic heterocycles. The van der Waals surface area contributed by atoms with Gasteiger partial charge < -0.3 is 10.2 Å². The third-order valence-corrected chi connectivity index (χ3v) is 7.05. The van der Waals surface area contributed by atoms with Crippen LogP contribution in [0.2, 0.25) is 0 Å². The largest absolute Gasteiger partial charge is 0.481 e. The lowest BCUT2D eigenvalue weighted by Crippen LogP contribution is -2.08. The second-order valence-corrected chi connectivity index (χ2v) is 9.49. The molecule has 4 nitrogen and oxygen atoms in total. The summed E-state index contributed by atoms with van der Waals surface area (Å²) in [6, 6.07) is 12.3. The number of aryl methyl sites for hydroxylation is 2. The lowest BCUT2D eigenvalue weighted by atomic mass is 9.97. The first kappa shape index (κ1) is 23.5. The molecule has 1 aromatic carbocycles. The van der Waals surface area contributed by atoms with Gasteiger partial charge in [-0.15, -0.1) is 11.3 Å². The SMILES string of the molecule is O=C(O)CCSC(CC(=O)O)c1ccccc1CCCCCCCc1cccs1. The number of thioether (sulfide) groups is 1. The van der Waals surface area contributed by atoms with Crippen molar-refractivity contribution in [1.29, 1.82) is 0 Å². The number of carboxylic acids is 2. The summed E-state index contributed by atoms with van der Waals surface area (Å²) in [5, 5.41) is 20.1. The Balaban J connectivity index is 1.80. The van der Waals surface area contributed by atoms with E-state index in [1.54, 1.807) is 0 Å². The van der Waals surface area contributed by atoms with E-state index in [-0.39, 0.29) is 18.1 Å². The van der Waals surface area contributed by atoms with Gasteiger partial charge in [0.15, 0.2) is 0 Å². The van der Waals surface area contributed by atoms with E-state index in [0.29, 0.717) is 5.75 Å². The van der Waals surface area contributed by atoms with Crippen LogP contribution in [0.25, 0.3) is 0 Å². The fraction of sp³-hybridized carbons (Fsp3) is 0.478. The molecule has 0 saturated carbocycles. The van der Waals surface area contributed by atoms with Gasteiger partial charge in [0.1, 0.15) is 0 Å². The Kier molecular flexibility index (Phi) is 10.9. The lowest BCUT2D eigenvalue weighted by Gasteiger charge is -2.18. The fourth-order valence-corrected chi connectivity index (χ4v) is 5.38. The van der Waals surface area contributed by atoms with Crippen LogP contribution in [0.15, 0.2) is 41.8 Å². The van der Waals surface area contributed by atoms with Crippen molar-refractivity contribution in [2.24, 2.45) is 0 Å². The number of aliphatic carboxylic acids is 2. The first-order valence-corrected chi connectivity index (χ1v) is 12.1. The molecule has 0 saturated heterocycles. The van der Waals surface area contributed by atoms with Gasteiger partial charge in [-0.2, -0.15) is 11.8 Å². The molecule has 158 valence electrons. The molecular formula is C23H30O4S2. The molecule has 0 spiro atoms. The van der Waals surface area contributed by atoms with Gasteiger partial charge >= 0.3 is 11.9 Å². The summed E-state index contributed by atoms with van der Waals surface area (Å²) in [5.74, 6) is -1.27. The van der Waals surface area contributed by atoms with E-state index < -0.39 is 11.9 Å². The number of carbonyl (C=O) groups is 2. The smallest absolute Gasteiger partial charge is 0.304 e. The Morgan fingerprint density at radius 2 is 1.62 bits per heavy atom. The van der Waals surface area contributed by atoms with Crippen LogP contribution in [0.4, 0.5) is 0 Å². The molecule has 0 aliphatic rings. The third-order valence-electron chi connectivity index (χ3n) is 4.85. The first-order valence-electron chi connectivity index (χ1n) is 10.2. The maximum absolute atomic E-state index is 11.3. The van der Waals surface area contributed by atoms with E-state index in [0.717, 1.165) is 18.4 Å². The monoisotopic (exact) mass is 434 g/mol. The summed E-state index contributed by atoms with van der Waals surface area (Å²) in [6.07, 6.45) is 8.15. The number of thiophene rings is 1. The van der Waals surface area contributed by atoms with Crippen molar-refractivity contribution in [3.63, 3.8) is 0 Å². The van der Waals surface area contributed by atoms with Gasteiger partial charge in [-0.1, -0.05) is 49.6 Å². The van der Waals surface area contributed by atoms with Gasteiger partial charge in [0.2, 0.25) is 0 Å². The van der Waals surface area contributed by atoms with E-state index in [1.165, 1.54) is 54.3 Å². The van der Waals surface area contributed by atoms with Crippen molar-refractivity contribution < 1.29 is 19.8 Å². The average molecular weight is 435 g/mol. The summed E-state index contributed by atoms with van der Waals surface area (Å²) in [6.45, 7) is 0. The summed E-state index contributed by atoms with van der Waals surface area (Å²) < 4.78 is 0. The molecule has 2 N–H and O–H groups in total. The van der Waals surface area contributed by atoms with Crippen LogP contribution in [0.3, 0.4) is 0 Å². The van der Waals surface area contributed by atoms with Crippen LogP contribution in [-0.2, 0) is 22.4 Å². The van der Waals surface area contributed by atoms with Crippen molar-refractivity contribution in [1.82, 2.24) is 0 Å². The quantitative estimate of drug-likeness (QED) is 0.326. The second kappa shape index (κ2) is 13.4. The molecule has 0 aliphatic heterocycles. The predicted octanol–water partition coefficient (Wildman–Crippen LogP) is 6.21. The molecule has 29 heavy (non-hydrogen) atoms. The van der Waals surface area contributed by atoms with Crippen molar-refractivity contribution >= 4 is 35.0 Å². The molecule has 0 fully saturated rings. The van der Waals surface area contributed by atoms with Crippen molar-refractivity contribution in [2.75, 3.05) is 5.75 Å². The molecule has 0 amide bonds. The zero-order valence-corrected chi connectivity index (χ0v) is 18.4. The van der Waals surface area contributed by atoms with Gasteiger partial charge in [0.25, 0.3) is 0 Å². The van der Waals surface area contributed by atoms with Gasteiger partial charge in [-0.3, -0.25) is 9.59 Å². The van der Waals surface area contributed by atoms with Gasteiger partial charge in [-0.05, 0) is 48.3 Å². The third kappa shape index (κ3) is 9.50. The van der Waals surface area contributed by atoms with Crippen molar-refractivity contribution in [2.45, 2.75) is 63.0 Å². The topological polar surface area (TPSA) is 74.6 Å². The van der Waals surface area contributed by atoms with E-state index >= 15 is 0 Å². The Morgan fingerprint density at radius 3 is 2.31 bits per heavy atom. The minimum Gasteiger partial charge on any atom is -0.481 e. The molecule has 1 unspecified atom stereocenters. The normalized spacial score (nSPS) is 12.0. The summed E-state index contributed by atoms with van der Waals surface area (Å²) in [4.78, 5) is 23.6. The molecule has 2 aromatic rings. The highest BCUT2D eigenvalue weighted by Crippen LogP contribution is 2.35. The molecule has 0 radical (unpaired) electrons. The van der Waals surface area contributed by atoms with E-state index in [1.807, 2.05) is 29.5 Å². The highest BCUT2D eigenvalue weighted by molar-refractivity contribution is 7.99. The minimum atomic E-state index is -0.849. The van der Waals surface area contributed by atoms with Gasteiger partial charge in [0.05, 0.1) is 12.8 Å². The van der Waals surface area contributed by atoms with Crippen LogP contribution in [0, 0.1) is 0 Å². The Labute approximate surface area is 181 Å². The van der Waals surface area contributed by atoms with E-state index in [9.17, 15) is 14.7 Å². The molecule has 6 heteroatoms. The predicted molar refractivity (Wildman–Crippen MR) is 121 cm³/mol.